The van der Waals surface area contributed by atoms with Crippen molar-refractivity contribution in [2.24, 2.45) is 5.73 Å². The van der Waals surface area contributed by atoms with Crippen LogP contribution in [0, 0.1) is 0 Å². The van der Waals surface area contributed by atoms with Gasteiger partial charge in [-0.3, -0.25) is 0 Å². The van der Waals surface area contributed by atoms with Crippen LogP contribution in [0.2, 0.25) is 0 Å². The van der Waals surface area contributed by atoms with Crippen LogP contribution in [-0.2, 0) is 9.47 Å². The van der Waals surface area contributed by atoms with Crippen LogP contribution in [0.25, 0.3) is 0 Å². The molecule has 76 valence electrons. The van der Waals surface area contributed by atoms with E-state index >= 15 is 0 Å². The van der Waals surface area contributed by atoms with E-state index in [0.29, 0.717) is 0 Å². The van der Waals surface area contributed by atoms with Gasteiger partial charge in [0.05, 0.1) is 7.11 Å². The van der Waals surface area contributed by atoms with Crippen molar-refractivity contribution >= 4 is 6.16 Å². The minimum Gasteiger partial charge on any atom is -0.438 e. The summed E-state index contributed by atoms with van der Waals surface area (Å²) in [5.74, 6) is -2.95. The molecular weight excluding hydrogens is 184 g/mol. The van der Waals surface area contributed by atoms with Gasteiger partial charge in [-0.25, -0.2) is 13.6 Å². The number of rotatable bonds is 1. The summed E-state index contributed by atoms with van der Waals surface area (Å²) >= 11 is 0. The summed E-state index contributed by atoms with van der Waals surface area (Å²) < 4.78 is 34.3. The summed E-state index contributed by atoms with van der Waals surface area (Å²) in [5.41, 5.74) is 5.18. The second-order valence-electron chi connectivity index (χ2n) is 2.94. The van der Waals surface area contributed by atoms with Gasteiger partial charge in [0.15, 0.2) is 0 Å². The van der Waals surface area contributed by atoms with Gasteiger partial charge in [-0.05, 0) is 6.42 Å². The lowest BCUT2D eigenvalue weighted by molar-refractivity contribution is -0.0332. The van der Waals surface area contributed by atoms with Gasteiger partial charge in [0.25, 0.3) is 5.92 Å². The van der Waals surface area contributed by atoms with E-state index in [1.54, 1.807) is 0 Å². The maximum Gasteiger partial charge on any atom is 0.508 e. The van der Waals surface area contributed by atoms with E-state index in [-0.39, 0.29) is 12.8 Å². The zero-order valence-electron chi connectivity index (χ0n) is 7.13. The molecule has 0 aliphatic heterocycles. The van der Waals surface area contributed by atoms with Gasteiger partial charge in [-0.1, -0.05) is 0 Å². The van der Waals surface area contributed by atoms with Crippen LogP contribution in [0.3, 0.4) is 0 Å². The van der Waals surface area contributed by atoms with Crippen LogP contribution in [0.15, 0.2) is 0 Å². The Kier molecular flexibility index (Phi) is 2.70. The molecule has 1 fully saturated rings. The Morgan fingerprint density at radius 1 is 1.62 bits per heavy atom. The molecule has 0 aromatic heterocycles. The predicted octanol–water partition coefficient (Wildman–Crippen LogP) is 0.894. The molecule has 1 rings (SSSR count). The summed E-state index contributed by atoms with van der Waals surface area (Å²) in [6, 6.07) is -1.42. The largest absolute Gasteiger partial charge is 0.508 e. The Labute approximate surface area is 74.0 Å². The van der Waals surface area contributed by atoms with Gasteiger partial charge < -0.3 is 15.2 Å². The fourth-order valence-corrected chi connectivity index (χ4v) is 1.26. The minimum absolute atomic E-state index is 0.0727. The maximum atomic E-state index is 12.8. The van der Waals surface area contributed by atoms with Gasteiger partial charge in [0.2, 0.25) is 0 Å². The van der Waals surface area contributed by atoms with Gasteiger partial charge in [0.1, 0.15) is 12.1 Å². The van der Waals surface area contributed by atoms with Gasteiger partial charge in [0, 0.05) is 6.42 Å². The zero-order chi connectivity index (χ0) is 10.1. The first-order chi connectivity index (χ1) is 5.97. The number of carbonyl (C=O) groups excluding carboxylic acids is 1. The Bertz CT molecular complexity index is 210. The summed E-state index contributed by atoms with van der Waals surface area (Å²) in [7, 11) is 1.11. The third-order valence-corrected chi connectivity index (χ3v) is 2.06. The van der Waals surface area contributed by atoms with Crippen LogP contribution in [0.4, 0.5) is 13.6 Å². The molecule has 0 saturated heterocycles. The average molecular weight is 195 g/mol. The first-order valence-electron chi connectivity index (χ1n) is 3.85. The van der Waals surface area contributed by atoms with E-state index in [4.69, 9.17) is 5.73 Å². The molecule has 0 radical (unpaired) electrons. The number of alkyl halides is 2. The molecule has 0 spiro atoms. The van der Waals surface area contributed by atoms with E-state index in [2.05, 4.69) is 9.47 Å². The average Bonchev–Trinajstić information content (AvgIpc) is 2.32. The number of hydrogen-bond acceptors (Lipinski definition) is 4. The van der Waals surface area contributed by atoms with Crippen LogP contribution < -0.4 is 5.73 Å². The predicted molar refractivity (Wildman–Crippen MR) is 39.4 cm³/mol. The van der Waals surface area contributed by atoms with Crippen LogP contribution in [0.1, 0.15) is 12.8 Å². The van der Waals surface area contributed by atoms with Crippen molar-refractivity contribution in [1.82, 2.24) is 0 Å². The van der Waals surface area contributed by atoms with E-state index in [9.17, 15) is 13.6 Å². The van der Waals surface area contributed by atoms with Crippen molar-refractivity contribution in [3.8, 4) is 0 Å². The number of ether oxygens (including phenoxy) is 2. The third kappa shape index (κ3) is 2.06. The van der Waals surface area contributed by atoms with Crippen molar-refractivity contribution in [2.45, 2.75) is 30.9 Å². The Morgan fingerprint density at radius 3 is 2.62 bits per heavy atom. The number of methoxy groups -OCH3 is 1. The van der Waals surface area contributed by atoms with E-state index in [1.165, 1.54) is 0 Å². The molecule has 2 unspecified atom stereocenters. The molecule has 13 heavy (non-hydrogen) atoms. The smallest absolute Gasteiger partial charge is 0.438 e. The van der Waals surface area contributed by atoms with E-state index in [0.717, 1.165) is 7.11 Å². The SMILES string of the molecule is COC(=O)OC1CCC(F)(F)C1N. The molecule has 4 nitrogen and oxygen atoms in total. The molecule has 0 aromatic rings. The van der Waals surface area contributed by atoms with Crippen LogP contribution in [0.5, 0.6) is 0 Å². The molecular formula is C7H11F2NO3. The fraction of sp³-hybridized carbons (Fsp3) is 0.857. The summed E-state index contributed by atoms with van der Waals surface area (Å²) in [6.07, 6.45) is -2.19. The van der Waals surface area contributed by atoms with Crippen molar-refractivity contribution in [1.29, 1.82) is 0 Å². The molecule has 0 bridgehead atoms. The first-order valence-corrected chi connectivity index (χ1v) is 3.85. The van der Waals surface area contributed by atoms with Crippen LogP contribution in [-0.4, -0.2) is 31.3 Å². The highest BCUT2D eigenvalue weighted by molar-refractivity contribution is 5.60. The lowest BCUT2D eigenvalue weighted by atomic mass is 10.2. The Hall–Kier alpha value is -0.910. The minimum atomic E-state index is -2.95. The molecule has 0 amide bonds. The zero-order valence-corrected chi connectivity index (χ0v) is 7.13. The van der Waals surface area contributed by atoms with Gasteiger partial charge in [-0.15, -0.1) is 0 Å². The Morgan fingerprint density at radius 2 is 2.23 bits per heavy atom. The molecule has 2 N–H and O–H groups in total. The number of nitrogens with two attached hydrogens (primary N) is 1. The normalized spacial score (nSPS) is 31.4. The lowest BCUT2D eigenvalue weighted by Crippen LogP contribution is -2.44. The molecule has 0 aromatic carbocycles. The summed E-state index contributed by atoms with van der Waals surface area (Å²) in [6.45, 7) is 0. The van der Waals surface area contributed by atoms with Gasteiger partial charge in [-0.2, -0.15) is 0 Å². The van der Waals surface area contributed by atoms with E-state index < -0.39 is 24.2 Å². The second kappa shape index (κ2) is 3.45. The van der Waals surface area contributed by atoms with Crippen LogP contribution >= 0.6 is 0 Å². The molecule has 1 aliphatic carbocycles. The molecule has 6 heteroatoms. The number of carbonyl (C=O) groups is 1. The highest BCUT2D eigenvalue weighted by Crippen LogP contribution is 2.35. The standard InChI is InChI=1S/C7H11F2NO3/c1-12-6(11)13-4-2-3-7(8,9)5(4)10/h4-5H,2-3,10H2,1H3. The fourth-order valence-electron chi connectivity index (χ4n) is 1.26. The molecule has 1 saturated carbocycles. The maximum absolute atomic E-state index is 12.8. The molecule has 1 aliphatic rings. The van der Waals surface area contributed by atoms with Crippen molar-refractivity contribution < 1.29 is 23.0 Å². The summed E-state index contributed by atoms with van der Waals surface area (Å²) in [5, 5.41) is 0. The van der Waals surface area contributed by atoms with E-state index in [1.807, 2.05) is 0 Å². The second-order valence-corrected chi connectivity index (χ2v) is 2.94. The molecule has 0 heterocycles. The molecule has 2 atom stereocenters. The quantitative estimate of drug-likeness (QED) is 0.631. The monoisotopic (exact) mass is 195 g/mol. The van der Waals surface area contributed by atoms with Crippen molar-refractivity contribution in [3.05, 3.63) is 0 Å². The topological polar surface area (TPSA) is 61.5 Å². The third-order valence-electron chi connectivity index (χ3n) is 2.06. The highest BCUT2D eigenvalue weighted by Gasteiger charge is 2.49. The van der Waals surface area contributed by atoms with Crippen molar-refractivity contribution in [3.63, 3.8) is 0 Å². The highest BCUT2D eigenvalue weighted by atomic mass is 19.3. The van der Waals surface area contributed by atoms with Crippen molar-refractivity contribution in [2.75, 3.05) is 7.11 Å². The van der Waals surface area contributed by atoms with Gasteiger partial charge >= 0.3 is 6.16 Å². The Balaban J connectivity index is 2.51. The lowest BCUT2D eigenvalue weighted by Gasteiger charge is -2.19. The number of halogens is 2. The number of hydrogen-bond donors (Lipinski definition) is 1. The summed E-state index contributed by atoms with van der Waals surface area (Å²) in [4.78, 5) is 10.6. The first kappa shape index (κ1) is 10.2.